The first-order valence-corrected chi connectivity index (χ1v) is 6.99. The van der Waals surface area contributed by atoms with Crippen LogP contribution in [0.5, 0.6) is 0 Å². The van der Waals surface area contributed by atoms with E-state index in [9.17, 15) is 4.79 Å². The van der Waals surface area contributed by atoms with E-state index in [2.05, 4.69) is 20.8 Å². The second-order valence-corrected chi connectivity index (χ2v) is 5.65. The number of hydrogen-bond acceptors (Lipinski definition) is 5. The van der Waals surface area contributed by atoms with Crippen molar-refractivity contribution in [1.82, 2.24) is 20.8 Å². The van der Waals surface area contributed by atoms with Crippen molar-refractivity contribution < 1.29 is 9.32 Å². The van der Waals surface area contributed by atoms with Gasteiger partial charge in [0.25, 0.3) is 0 Å². The zero-order valence-corrected chi connectivity index (χ0v) is 11.2. The molecule has 1 amide bonds. The summed E-state index contributed by atoms with van der Waals surface area (Å²) in [4.78, 5) is 16.6. The second kappa shape index (κ2) is 4.92. The van der Waals surface area contributed by atoms with Crippen molar-refractivity contribution in [2.45, 2.75) is 39.2 Å². The van der Waals surface area contributed by atoms with E-state index in [1.807, 2.05) is 0 Å². The van der Waals surface area contributed by atoms with Gasteiger partial charge in [0.2, 0.25) is 11.8 Å². The predicted octanol–water partition coefficient (Wildman–Crippen LogP) is 0.774. The number of hydrogen-bond donors (Lipinski definition) is 2. The third kappa shape index (κ3) is 2.25. The summed E-state index contributed by atoms with van der Waals surface area (Å²) in [5, 5.41) is 10.1. The molecule has 0 unspecified atom stereocenters. The number of nitrogens with zero attached hydrogens (tertiary/aromatic N) is 2. The second-order valence-electron chi connectivity index (χ2n) is 5.65. The molecule has 2 fully saturated rings. The standard InChI is InChI=1S/C13H20N4O2/c1-9-16-11(19-17-9)7-15-12(18)13-5-3-2-4-10(13)6-14-8-13/h10,14H,2-8H2,1H3,(H,15,18)/t10-,13+/m0/s1. The molecule has 2 N–H and O–H groups in total. The van der Waals surface area contributed by atoms with Crippen LogP contribution in [-0.4, -0.2) is 29.1 Å². The highest BCUT2D eigenvalue weighted by molar-refractivity contribution is 5.83. The van der Waals surface area contributed by atoms with E-state index in [1.54, 1.807) is 6.92 Å². The molecule has 2 heterocycles. The van der Waals surface area contributed by atoms with E-state index in [4.69, 9.17) is 4.52 Å². The molecule has 19 heavy (non-hydrogen) atoms. The number of carbonyl (C=O) groups excluding carboxylic acids is 1. The fourth-order valence-corrected chi connectivity index (χ4v) is 3.43. The first-order chi connectivity index (χ1) is 9.21. The molecule has 2 aliphatic rings. The van der Waals surface area contributed by atoms with Gasteiger partial charge in [-0.05, 0) is 32.2 Å². The Morgan fingerprint density at radius 2 is 2.47 bits per heavy atom. The van der Waals surface area contributed by atoms with Crippen molar-refractivity contribution in [3.63, 3.8) is 0 Å². The molecular weight excluding hydrogens is 244 g/mol. The maximum atomic E-state index is 12.5. The summed E-state index contributed by atoms with van der Waals surface area (Å²) in [6, 6.07) is 0. The molecule has 0 bridgehead atoms. The van der Waals surface area contributed by atoms with Gasteiger partial charge in [-0.25, -0.2) is 0 Å². The Bertz CT molecular complexity index is 473. The predicted molar refractivity (Wildman–Crippen MR) is 68.1 cm³/mol. The molecule has 1 aromatic rings. The van der Waals surface area contributed by atoms with E-state index >= 15 is 0 Å². The maximum Gasteiger partial charge on any atom is 0.246 e. The van der Waals surface area contributed by atoms with E-state index in [-0.39, 0.29) is 11.3 Å². The summed E-state index contributed by atoms with van der Waals surface area (Å²) in [7, 11) is 0. The Morgan fingerprint density at radius 1 is 1.58 bits per heavy atom. The minimum absolute atomic E-state index is 0.137. The molecule has 1 saturated carbocycles. The Hall–Kier alpha value is -1.43. The average Bonchev–Trinajstić information content (AvgIpc) is 3.02. The number of amides is 1. The van der Waals surface area contributed by atoms with Crippen LogP contribution in [-0.2, 0) is 11.3 Å². The highest BCUT2D eigenvalue weighted by Gasteiger charge is 2.49. The van der Waals surface area contributed by atoms with Crippen LogP contribution >= 0.6 is 0 Å². The lowest BCUT2D eigenvalue weighted by molar-refractivity contribution is -0.134. The third-order valence-electron chi connectivity index (χ3n) is 4.46. The molecule has 0 aromatic carbocycles. The fourth-order valence-electron chi connectivity index (χ4n) is 3.43. The highest BCUT2D eigenvalue weighted by Crippen LogP contribution is 2.43. The van der Waals surface area contributed by atoms with Crippen molar-refractivity contribution in [1.29, 1.82) is 0 Å². The van der Waals surface area contributed by atoms with Gasteiger partial charge in [0.1, 0.15) is 0 Å². The number of fused-ring (bicyclic) bond motifs is 1. The Balaban J connectivity index is 1.65. The molecule has 6 heteroatoms. The SMILES string of the molecule is Cc1noc(CNC(=O)[C@@]23CCCC[C@H]2CNC3)n1. The van der Waals surface area contributed by atoms with Crippen LogP contribution in [0.25, 0.3) is 0 Å². The molecule has 1 aliphatic heterocycles. The molecule has 2 atom stereocenters. The lowest BCUT2D eigenvalue weighted by Crippen LogP contribution is -2.47. The van der Waals surface area contributed by atoms with Crippen molar-refractivity contribution in [3.8, 4) is 0 Å². The minimum Gasteiger partial charge on any atom is -0.346 e. The summed E-state index contributed by atoms with van der Waals surface area (Å²) in [5.74, 6) is 1.68. The summed E-state index contributed by atoms with van der Waals surface area (Å²) >= 11 is 0. The maximum absolute atomic E-state index is 12.5. The molecule has 0 radical (unpaired) electrons. The number of aromatic nitrogens is 2. The van der Waals surface area contributed by atoms with Crippen molar-refractivity contribution in [2.24, 2.45) is 11.3 Å². The molecule has 6 nitrogen and oxygen atoms in total. The van der Waals surface area contributed by atoms with E-state index < -0.39 is 0 Å². The lowest BCUT2D eigenvalue weighted by atomic mass is 9.67. The van der Waals surface area contributed by atoms with Gasteiger partial charge in [-0.2, -0.15) is 4.98 Å². The van der Waals surface area contributed by atoms with Crippen molar-refractivity contribution >= 4 is 5.91 Å². The summed E-state index contributed by atoms with van der Waals surface area (Å²) in [6.07, 6.45) is 4.52. The topological polar surface area (TPSA) is 80.0 Å². The molecule has 1 aromatic heterocycles. The van der Waals surface area contributed by atoms with Crippen LogP contribution in [0.1, 0.15) is 37.4 Å². The van der Waals surface area contributed by atoms with Gasteiger partial charge in [0, 0.05) is 6.54 Å². The minimum atomic E-state index is -0.215. The van der Waals surface area contributed by atoms with Gasteiger partial charge in [0.15, 0.2) is 5.82 Å². The van der Waals surface area contributed by atoms with Crippen LogP contribution in [0.3, 0.4) is 0 Å². The van der Waals surface area contributed by atoms with Crippen LogP contribution in [0.2, 0.25) is 0 Å². The first kappa shape index (κ1) is 12.6. The molecule has 104 valence electrons. The molecule has 1 aliphatic carbocycles. The summed E-state index contributed by atoms with van der Waals surface area (Å²) in [5.41, 5.74) is -0.215. The van der Waals surface area contributed by atoms with Gasteiger partial charge in [-0.1, -0.05) is 18.0 Å². The zero-order chi connectivity index (χ0) is 13.3. The molecular formula is C13H20N4O2. The van der Waals surface area contributed by atoms with Crippen LogP contribution in [0, 0.1) is 18.3 Å². The summed E-state index contributed by atoms with van der Waals surface area (Å²) in [6.45, 7) is 3.86. The zero-order valence-electron chi connectivity index (χ0n) is 11.2. The van der Waals surface area contributed by atoms with Crippen molar-refractivity contribution in [3.05, 3.63) is 11.7 Å². The van der Waals surface area contributed by atoms with Gasteiger partial charge in [-0.15, -0.1) is 0 Å². The van der Waals surface area contributed by atoms with E-state index in [0.29, 0.717) is 24.2 Å². The van der Waals surface area contributed by atoms with E-state index in [0.717, 1.165) is 32.4 Å². The monoisotopic (exact) mass is 264 g/mol. The molecule has 1 saturated heterocycles. The van der Waals surface area contributed by atoms with Crippen LogP contribution < -0.4 is 10.6 Å². The summed E-state index contributed by atoms with van der Waals surface area (Å²) < 4.78 is 5.02. The normalized spacial score (nSPS) is 30.1. The number of rotatable bonds is 3. The fraction of sp³-hybridized carbons (Fsp3) is 0.769. The third-order valence-corrected chi connectivity index (χ3v) is 4.46. The van der Waals surface area contributed by atoms with Crippen LogP contribution in [0.15, 0.2) is 4.52 Å². The number of aryl methyl sites for hydroxylation is 1. The van der Waals surface area contributed by atoms with Gasteiger partial charge in [-0.3, -0.25) is 4.79 Å². The van der Waals surface area contributed by atoms with E-state index in [1.165, 1.54) is 6.42 Å². The Labute approximate surface area is 112 Å². The first-order valence-electron chi connectivity index (χ1n) is 6.99. The van der Waals surface area contributed by atoms with Gasteiger partial charge in [0.05, 0.1) is 12.0 Å². The number of carbonyl (C=O) groups is 1. The average molecular weight is 264 g/mol. The lowest BCUT2D eigenvalue weighted by Gasteiger charge is -2.36. The van der Waals surface area contributed by atoms with Gasteiger partial charge < -0.3 is 15.2 Å². The Kier molecular flexibility index (Phi) is 3.26. The Morgan fingerprint density at radius 3 is 3.26 bits per heavy atom. The smallest absolute Gasteiger partial charge is 0.246 e. The van der Waals surface area contributed by atoms with Crippen molar-refractivity contribution in [2.75, 3.05) is 13.1 Å². The molecule has 0 spiro atoms. The quantitative estimate of drug-likeness (QED) is 0.843. The van der Waals surface area contributed by atoms with Crippen LogP contribution in [0.4, 0.5) is 0 Å². The van der Waals surface area contributed by atoms with Gasteiger partial charge >= 0.3 is 0 Å². The molecule has 3 rings (SSSR count). The largest absolute Gasteiger partial charge is 0.346 e. The highest BCUT2D eigenvalue weighted by atomic mass is 16.5. The number of nitrogens with one attached hydrogen (secondary N) is 2.